The van der Waals surface area contributed by atoms with Crippen LogP contribution in [0.5, 0.6) is 5.75 Å². The Hall–Kier alpha value is -2.28. The van der Waals surface area contributed by atoms with E-state index in [1.54, 1.807) is 0 Å². The Labute approximate surface area is 103 Å². The van der Waals surface area contributed by atoms with E-state index in [0.717, 1.165) is 6.07 Å². The first kappa shape index (κ1) is 13.8. The summed E-state index contributed by atoms with van der Waals surface area (Å²) in [6.45, 7) is -0.0202. The van der Waals surface area contributed by atoms with Gasteiger partial charge in [0.15, 0.2) is 0 Å². The number of aliphatic hydroxyl groups is 1. The highest BCUT2D eigenvalue weighted by Crippen LogP contribution is 2.24. The van der Waals surface area contributed by atoms with Crippen LogP contribution in [0.1, 0.15) is 10.4 Å². The van der Waals surface area contributed by atoms with Gasteiger partial charge in [-0.25, -0.2) is 9.59 Å². The number of anilines is 1. The predicted octanol–water partition coefficient (Wildman–Crippen LogP) is 0.546. The number of aliphatic hydroxyl groups excluding tert-OH is 1. The number of phenolic OH excluding ortho intramolecular Hbond substituents is 1. The zero-order chi connectivity index (χ0) is 13.7. The van der Waals surface area contributed by atoms with E-state index in [1.165, 1.54) is 24.1 Å². The number of carbonyl (C=O) groups is 2. The summed E-state index contributed by atoms with van der Waals surface area (Å²) in [7, 11) is 1.48. The number of benzene rings is 1. The number of hydrogen-bond donors (Lipinski definition) is 4. The molecule has 0 radical (unpaired) electrons. The van der Waals surface area contributed by atoms with Crippen LogP contribution in [-0.2, 0) is 0 Å². The molecule has 0 aliphatic carbocycles. The Kier molecular flexibility index (Phi) is 4.50. The Bertz CT molecular complexity index is 461. The van der Waals surface area contributed by atoms with Crippen molar-refractivity contribution in [1.29, 1.82) is 0 Å². The van der Waals surface area contributed by atoms with E-state index in [2.05, 4.69) is 5.32 Å². The van der Waals surface area contributed by atoms with Crippen molar-refractivity contribution in [2.75, 3.05) is 25.5 Å². The lowest BCUT2D eigenvalue weighted by Crippen LogP contribution is -2.33. The minimum absolute atomic E-state index is 0.0748. The summed E-state index contributed by atoms with van der Waals surface area (Å²) < 4.78 is 0. The van der Waals surface area contributed by atoms with Gasteiger partial charge in [0, 0.05) is 13.6 Å². The van der Waals surface area contributed by atoms with Crippen molar-refractivity contribution < 1.29 is 24.9 Å². The summed E-state index contributed by atoms with van der Waals surface area (Å²) in [6, 6.07) is 3.10. The monoisotopic (exact) mass is 254 g/mol. The van der Waals surface area contributed by atoms with Gasteiger partial charge in [0.05, 0.1) is 17.9 Å². The van der Waals surface area contributed by atoms with E-state index < -0.39 is 12.0 Å². The molecule has 0 bridgehead atoms. The van der Waals surface area contributed by atoms with Gasteiger partial charge in [-0.1, -0.05) is 0 Å². The number of aromatic hydroxyl groups is 1. The minimum atomic E-state index is -1.17. The van der Waals surface area contributed by atoms with Crippen LogP contribution in [0.2, 0.25) is 0 Å². The molecule has 0 aromatic heterocycles. The number of nitrogens with one attached hydrogen (secondary N) is 1. The van der Waals surface area contributed by atoms with Crippen LogP contribution < -0.4 is 5.32 Å². The Morgan fingerprint density at radius 1 is 1.39 bits per heavy atom. The lowest BCUT2D eigenvalue weighted by molar-refractivity contribution is 0.0696. The number of hydrogen-bond acceptors (Lipinski definition) is 4. The zero-order valence-electron chi connectivity index (χ0n) is 9.75. The molecule has 0 saturated heterocycles. The highest BCUT2D eigenvalue weighted by Gasteiger charge is 2.12. The zero-order valence-corrected chi connectivity index (χ0v) is 9.75. The fourth-order valence-corrected chi connectivity index (χ4v) is 1.23. The van der Waals surface area contributed by atoms with Crippen LogP contribution in [0, 0.1) is 0 Å². The number of rotatable bonds is 4. The maximum atomic E-state index is 11.5. The second kappa shape index (κ2) is 5.87. The van der Waals surface area contributed by atoms with Gasteiger partial charge in [-0.3, -0.25) is 0 Å². The first-order valence-electron chi connectivity index (χ1n) is 5.15. The van der Waals surface area contributed by atoms with Crippen molar-refractivity contribution in [3.63, 3.8) is 0 Å². The predicted molar refractivity (Wildman–Crippen MR) is 63.8 cm³/mol. The molecular formula is C11H14N2O5. The number of phenols is 1. The number of carbonyl (C=O) groups excluding carboxylic acids is 1. The van der Waals surface area contributed by atoms with E-state index >= 15 is 0 Å². The standard InChI is InChI=1S/C11H14N2O5/c1-13(4-5-14)11(18)12-8-3-2-7(10(16)17)6-9(8)15/h2-3,6,14-15H,4-5H2,1H3,(H,12,18)(H,16,17). The molecule has 4 N–H and O–H groups in total. The molecule has 0 aliphatic rings. The van der Waals surface area contributed by atoms with Gasteiger partial charge < -0.3 is 25.5 Å². The summed E-state index contributed by atoms with van der Waals surface area (Å²) in [5, 5.41) is 29.3. The third-order valence-electron chi connectivity index (χ3n) is 2.27. The summed E-state index contributed by atoms with van der Waals surface area (Å²) in [6.07, 6.45) is 0. The van der Waals surface area contributed by atoms with Crippen LogP contribution in [0.4, 0.5) is 10.5 Å². The third kappa shape index (κ3) is 3.36. The molecule has 0 saturated carbocycles. The van der Waals surface area contributed by atoms with E-state index in [4.69, 9.17) is 10.2 Å². The largest absolute Gasteiger partial charge is 0.506 e. The minimum Gasteiger partial charge on any atom is -0.506 e. The first-order valence-corrected chi connectivity index (χ1v) is 5.15. The average molecular weight is 254 g/mol. The fraction of sp³-hybridized carbons (Fsp3) is 0.273. The second-order valence-electron chi connectivity index (χ2n) is 3.61. The number of aromatic carboxylic acids is 1. The fourth-order valence-electron chi connectivity index (χ4n) is 1.23. The first-order chi connectivity index (χ1) is 8.45. The van der Waals surface area contributed by atoms with E-state index in [1.807, 2.05) is 0 Å². The lowest BCUT2D eigenvalue weighted by atomic mass is 10.2. The maximum Gasteiger partial charge on any atom is 0.335 e. The molecule has 0 heterocycles. The molecule has 2 amide bonds. The molecule has 0 fully saturated rings. The van der Waals surface area contributed by atoms with Crippen LogP contribution in [0.3, 0.4) is 0 Å². The molecule has 7 nitrogen and oxygen atoms in total. The summed E-state index contributed by atoms with van der Waals surface area (Å²) >= 11 is 0. The van der Waals surface area contributed by atoms with Crippen molar-refractivity contribution in [2.24, 2.45) is 0 Å². The summed E-state index contributed by atoms with van der Waals surface area (Å²) in [4.78, 5) is 23.4. The van der Waals surface area contributed by atoms with Gasteiger partial charge in [-0.2, -0.15) is 0 Å². The molecule has 1 aromatic carbocycles. The van der Waals surface area contributed by atoms with Gasteiger partial charge in [0.25, 0.3) is 0 Å². The Morgan fingerprint density at radius 3 is 2.56 bits per heavy atom. The Morgan fingerprint density at radius 2 is 2.06 bits per heavy atom. The molecule has 0 unspecified atom stereocenters. The van der Waals surface area contributed by atoms with E-state index in [0.29, 0.717) is 0 Å². The second-order valence-corrected chi connectivity index (χ2v) is 3.61. The number of carboxylic acids is 1. The smallest absolute Gasteiger partial charge is 0.335 e. The van der Waals surface area contributed by atoms with Gasteiger partial charge in [0.2, 0.25) is 0 Å². The highest BCUT2D eigenvalue weighted by molar-refractivity contribution is 5.93. The maximum absolute atomic E-state index is 11.5. The summed E-state index contributed by atoms with van der Waals surface area (Å²) in [5.74, 6) is -1.50. The van der Waals surface area contributed by atoms with Crippen LogP contribution in [-0.4, -0.2) is 52.4 Å². The molecular weight excluding hydrogens is 240 g/mol. The molecule has 18 heavy (non-hydrogen) atoms. The molecule has 1 rings (SSSR count). The number of amides is 2. The number of likely N-dealkylation sites (N-methyl/N-ethyl adjacent to an activating group) is 1. The lowest BCUT2D eigenvalue weighted by Gasteiger charge is -2.17. The van der Waals surface area contributed by atoms with Crippen molar-refractivity contribution >= 4 is 17.7 Å². The molecule has 0 aliphatic heterocycles. The Balaban J connectivity index is 2.79. The number of carboxylic acid groups (broad SMARTS) is 1. The summed E-state index contributed by atoms with van der Waals surface area (Å²) in [5.41, 5.74) is 0.0315. The van der Waals surface area contributed by atoms with Gasteiger partial charge in [-0.15, -0.1) is 0 Å². The van der Waals surface area contributed by atoms with Crippen molar-refractivity contribution in [3.8, 4) is 5.75 Å². The quantitative estimate of drug-likeness (QED) is 0.586. The topological polar surface area (TPSA) is 110 Å². The highest BCUT2D eigenvalue weighted by atomic mass is 16.4. The van der Waals surface area contributed by atoms with Crippen LogP contribution in [0.25, 0.3) is 0 Å². The van der Waals surface area contributed by atoms with E-state index in [-0.39, 0.29) is 30.2 Å². The number of nitrogens with zero attached hydrogens (tertiary/aromatic N) is 1. The molecule has 7 heteroatoms. The van der Waals surface area contributed by atoms with Gasteiger partial charge in [-0.05, 0) is 18.2 Å². The van der Waals surface area contributed by atoms with Gasteiger partial charge in [0.1, 0.15) is 5.75 Å². The molecule has 1 aromatic rings. The van der Waals surface area contributed by atoms with Gasteiger partial charge >= 0.3 is 12.0 Å². The normalized spacial score (nSPS) is 9.89. The SMILES string of the molecule is CN(CCO)C(=O)Nc1ccc(C(=O)O)cc1O. The van der Waals surface area contributed by atoms with Crippen LogP contribution >= 0.6 is 0 Å². The third-order valence-corrected chi connectivity index (χ3v) is 2.27. The van der Waals surface area contributed by atoms with Crippen molar-refractivity contribution in [3.05, 3.63) is 23.8 Å². The average Bonchev–Trinajstić information content (AvgIpc) is 2.31. The molecule has 0 spiro atoms. The van der Waals surface area contributed by atoms with Crippen molar-refractivity contribution in [2.45, 2.75) is 0 Å². The molecule has 0 atom stereocenters. The number of urea groups is 1. The van der Waals surface area contributed by atoms with Crippen molar-refractivity contribution in [1.82, 2.24) is 4.90 Å². The molecule has 98 valence electrons. The van der Waals surface area contributed by atoms with E-state index in [9.17, 15) is 14.7 Å². The van der Waals surface area contributed by atoms with Crippen LogP contribution in [0.15, 0.2) is 18.2 Å².